The maximum absolute atomic E-state index is 5.76. The molecule has 0 saturated heterocycles. The van der Waals surface area contributed by atoms with Crippen molar-refractivity contribution >= 4 is 53.4 Å². The van der Waals surface area contributed by atoms with Crippen LogP contribution in [-0.2, 0) is 0 Å². The van der Waals surface area contributed by atoms with E-state index in [1.54, 1.807) is 17.6 Å². The summed E-state index contributed by atoms with van der Waals surface area (Å²) in [5.74, 6) is 4.56. The van der Waals surface area contributed by atoms with Crippen LogP contribution in [0.5, 0.6) is 0 Å². The molecular weight excluding hydrogens is 906 g/mol. The summed E-state index contributed by atoms with van der Waals surface area (Å²) < 4.78 is 9.44. The summed E-state index contributed by atoms with van der Waals surface area (Å²) in [7, 11) is 0. The van der Waals surface area contributed by atoms with Gasteiger partial charge in [0, 0.05) is 0 Å². The van der Waals surface area contributed by atoms with Gasteiger partial charge in [-0.15, -0.1) is 0 Å². The number of hydrogen-bond donors (Lipinski definition) is 0. The molecule has 0 N–H and O–H groups in total. The van der Waals surface area contributed by atoms with E-state index >= 15 is 0 Å². The SMILES string of the molecule is C=N[N]([Ge]([c]1c(C(C)C)cc(C(C)C)cc1C(C)C)[c]1c(C(C)C)cc(C(C)C)cc1C(C)C)[Ge]([c]1c(C(C)C)cc(C(C)C)cc1C(C)C)[c]1c(C(C)C)cc(C(C)C)cc1C(C)C. The molecule has 4 heteroatoms. The van der Waals surface area contributed by atoms with Crippen LogP contribution in [0, 0.1) is 0 Å². The monoisotopic (exact) mass is 1000 g/mol. The number of nitrogens with zero attached hydrogens (tertiary/aromatic N) is 2. The van der Waals surface area contributed by atoms with E-state index in [4.69, 9.17) is 11.8 Å². The molecule has 4 aromatic carbocycles. The molecule has 0 bridgehead atoms. The van der Waals surface area contributed by atoms with Gasteiger partial charge in [0.25, 0.3) is 0 Å². The second kappa shape index (κ2) is 22.7. The van der Waals surface area contributed by atoms with Gasteiger partial charge in [-0.1, -0.05) is 0 Å². The molecule has 0 unspecified atom stereocenters. The minimum absolute atomic E-state index is 0.351. The van der Waals surface area contributed by atoms with Crippen LogP contribution in [-0.4, -0.2) is 38.8 Å². The van der Waals surface area contributed by atoms with Crippen LogP contribution in [0.1, 0.15) is 304 Å². The third-order valence-corrected chi connectivity index (χ3v) is 30.1. The van der Waals surface area contributed by atoms with Gasteiger partial charge in [-0.3, -0.25) is 0 Å². The number of rotatable bonds is 19. The predicted octanol–water partition coefficient (Wildman–Crippen LogP) is 16.0. The van der Waals surface area contributed by atoms with Gasteiger partial charge in [0.05, 0.1) is 0 Å². The fourth-order valence-corrected chi connectivity index (χ4v) is 31.7. The van der Waals surface area contributed by atoms with E-state index in [0.29, 0.717) is 71.0 Å². The van der Waals surface area contributed by atoms with Crippen molar-refractivity contribution in [2.75, 3.05) is 0 Å². The van der Waals surface area contributed by atoms with Crippen LogP contribution < -0.4 is 17.6 Å². The first-order valence-corrected chi connectivity index (χ1v) is 32.0. The maximum atomic E-state index is 5.76. The molecule has 2 radical (unpaired) electrons. The van der Waals surface area contributed by atoms with Crippen LogP contribution in [0.15, 0.2) is 53.6 Å². The molecule has 0 fully saturated rings. The van der Waals surface area contributed by atoms with Gasteiger partial charge in [-0.05, 0) is 0 Å². The summed E-state index contributed by atoms with van der Waals surface area (Å²) in [4.78, 5) is 0. The molecule has 0 amide bonds. The standard InChI is InChI=1S/C61H94Ge2N2/c1-34(2)46-26-50(38(9)10)58(51(27-46)39(11)12)62(59-52(40(13)14)28-47(35(3)4)29-53(59)41(15)16)65(64-25)63(60-54(42(17)18)30-48(36(5)6)31-55(60)43(19)20)61-56(44(21)22)32-49(37(7)8)33-57(61)45(23)24/h26-45H,25H2,1-24H3. The van der Waals surface area contributed by atoms with Crippen molar-refractivity contribution < 1.29 is 0 Å². The van der Waals surface area contributed by atoms with Crippen molar-refractivity contribution in [2.24, 2.45) is 5.10 Å². The van der Waals surface area contributed by atoms with Crippen LogP contribution in [0.4, 0.5) is 0 Å². The van der Waals surface area contributed by atoms with Gasteiger partial charge < -0.3 is 0 Å². The molecule has 2 nitrogen and oxygen atoms in total. The fourth-order valence-electron chi connectivity index (χ4n) is 9.84. The normalized spacial score (nSPS) is 12.8. The first-order valence-electron chi connectivity index (χ1n) is 25.9. The number of hydrogen-bond acceptors (Lipinski definition) is 2. The van der Waals surface area contributed by atoms with Crippen LogP contribution in [0.2, 0.25) is 0 Å². The second-order valence-electron chi connectivity index (χ2n) is 23.3. The molecule has 0 aromatic heterocycles. The zero-order chi connectivity index (χ0) is 49.3. The summed E-state index contributed by atoms with van der Waals surface area (Å²) in [5, 5.41) is 5.76. The van der Waals surface area contributed by atoms with Gasteiger partial charge >= 0.3 is 414 Å². The summed E-state index contributed by atoms with van der Waals surface area (Å²) in [5.41, 5.74) is 18.1. The zero-order valence-corrected chi connectivity index (χ0v) is 50.3. The van der Waals surface area contributed by atoms with Crippen molar-refractivity contribution in [3.8, 4) is 0 Å². The van der Waals surface area contributed by atoms with E-state index < -0.39 is 29.1 Å². The van der Waals surface area contributed by atoms with Crippen molar-refractivity contribution in [1.29, 1.82) is 0 Å². The average molecular weight is 1000 g/mol. The van der Waals surface area contributed by atoms with E-state index in [9.17, 15) is 0 Å². The Bertz CT molecular complexity index is 1820. The first-order chi connectivity index (χ1) is 30.2. The molecular formula is C61H94Ge2N2. The molecule has 0 heterocycles. The second-order valence-corrected chi connectivity index (χ2v) is 34.2. The van der Waals surface area contributed by atoms with Crippen molar-refractivity contribution in [3.05, 3.63) is 115 Å². The summed E-state index contributed by atoms with van der Waals surface area (Å²) in [6.45, 7) is 63.2. The van der Waals surface area contributed by atoms with Gasteiger partial charge in [0.2, 0.25) is 0 Å². The van der Waals surface area contributed by atoms with Crippen molar-refractivity contribution in [3.63, 3.8) is 0 Å². The third-order valence-electron chi connectivity index (χ3n) is 14.0. The van der Waals surface area contributed by atoms with Crippen molar-refractivity contribution in [2.45, 2.75) is 237 Å². The summed E-state index contributed by atoms with van der Waals surface area (Å²) >= 11 is -6.04. The molecule has 356 valence electrons. The third kappa shape index (κ3) is 11.8. The van der Waals surface area contributed by atoms with Gasteiger partial charge in [0.1, 0.15) is 0 Å². The van der Waals surface area contributed by atoms with E-state index in [1.165, 1.54) is 66.8 Å². The number of hydrazone groups is 1. The molecule has 0 atom stereocenters. The van der Waals surface area contributed by atoms with Crippen molar-refractivity contribution in [1.82, 2.24) is 2.92 Å². The Labute approximate surface area is 411 Å². The topological polar surface area (TPSA) is 15.6 Å². The minimum atomic E-state index is -3.02. The van der Waals surface area contributed by atoms with Gasteiger partial charge in [0.15, 0.2) is 0 Å². The van der Waals surface area contributed by atoms with Gasteiger partial charge in [-0.25, -0.2) is 0 Å². The van der Waals surface area contributed by atoms with Crippen LogP contribution >= 0.6 is 0 Å². The molecule has 4 rings (SSSR count). The summed E-state index contributed by atoms with van der Waals surface area (Å²) in [6.07, 6.45) is 0. The fraction of sp³-hybridized carbons (Fsp3) is 0.590. The Morgan fingerprint density at radius 2 is 0.415 bits per heavy atom. The Hall–Kier alpha value is -2.56. The summed E-state index contributed by atoms with van der Waals surface area (Å²) in [6, 6.07) is 21.0. The van der Waals surface area contributed by atoms with Gasteiger partial charge in [-0.2, -0.15) is 0 Å². The molecule has 0 spiro atoms. The van der Waals surface area contributed by atoms with E-state index in [0.717, 1.165) is 0 Å². The Kier molecular flexibility index (Phi) is 19.2. The van der Waals surface area contributed by atoms with E-state index in [1.807, 2.05) is 0 Å². The van der Waals surface area contributed by atoms with E-state index in [2.05, 4.69) is 218 Å². The Morgan fingerprint density at radius 1 is 0.277 bits per heavy atom. The molecule has 4 aromatic rings. The molecule has 0 aliphatic heterocycles. The van der Waals surface area contributed by atoms with Crippen LogP contribution in [0.3, 0.4) is 0 Å². The van der Waals surface area contributed by atoms with Crippen LogP contribution in [0.25, 0.3) is 0 Å². The zero-order valence-electron chi connectivity index (χ0n) is 46.1. The average Bonchev–Trinajstić information content (AvgIpc) is 3.21. The molecule has 65 heavy (non-hydrogen) atoms. The Balaban J connectivity index is 2.59. The number of benzene rings is 4. The first kappa shape index (κ1) is 55.0. The van der Waals surface area contributed by atoms with E-state index in [-0.39, 0.29) is 0 Å². The predicted molar refractivity (Wildman–Crippen MR) is 296 cm³/mol. The molecule has 0 saturated carbocycles. The molecule has 0 aliphatic rings. The molecule has 0 aliphatic carbocycles. The quantitative estimate of drug-likeness (QED) is 0.0519. The Morgan fingerprint density at radius 3 is 0.508 bits per heavy atom.